The van der Waals surface area contributed by atoms with Gasteiger partial charge in [0.05, 0.1) is 33.5 Å². The van der Waals surface area contributed by atoms with Crippen LogP contribution in [0, 0.1) is 13.8 Å². The summed E-state index contributed by atoms with van der Waals surface area (Å²) in [5.41, 5.74) is 4.23. The fourth-order valence-electron chi connectivity index (χ4n) is 4.44. The van der Waals surface area contributed by atoms with Crippen LogP contribution in [-0.2, 0) is 21.3 Å². The first kappa shape index (κ1) is 26.4. The number of carbonyl (C=O) groups is 1. The van der Waals surface area contributed by atoms with Gasteiger partial charge < -0.3 is 4.74 Å². The van der Waals surface area contributed by atoms with E-state index in [4.69, 9.17) is 9.72 Å². The summed E-state index contributed by atoms with van der Waals surface area (Å²) >= 11 is 1.45. The molecule has 0 spiro atoms. The molecule has 1 aliphatic heterocycles. The number of aromatic nitrogens is 2. The van der Waals surface area contributed by atoms with Crippen LogP contribution in [0.15, 0.2) is 65.7 Å². The highest BCUT2D eigenvalue weighted by molar-refractivity contribution is 7.89. The highest BCUT2D eigenvalue weighted by Gasteiger charge is 2.27. The molecule has 1 fully saturated rings. The van der Waals surface area contributed by atoms with E-state index in [2.05, 4.69) is 18.0 Å². The molecule has 0 radical (unpaired) electrons. The number of thiazole rings is 1. The molecule has 8 nitrogen and oxygen atoms in total. The van der Waals surface area contributed by atoms with Crippen molar-refractivity contribution in [2.75, 3.05) is 25.1 Å². The summed E-state index contributed by atoms with van der Waals surface area (Å²) in [4.78, 5) is 24.7. The summed E-state index contributed by atoms with van der Waals surface area (Å²) in [5, 5.41) is 0.564. The second kappa shape index (κ2) is 10.9. The van der Waals surface area contributed by atoms with Gasteiger partial charge in [-0.15, -0.1) is 0 Å². The number of aryl methyl sites for hydroxylation is 2. The molecule has 2 aromatic heterocycles. The summed E-state index contributed by atoms with van der Waals surface area (Å²) in [7, 11) is -2.15. The molecule has 1 unspecified atom stereocenters. The van der Waals surface area contributed by atoms with Gasteiger partial charge in [0.15, 0.2) is 5.13 Å². The fourth-order valence-corrected chi connectivity index (χ4v) is 6.69. The Kier molecular flexibility index (Phi) is 7.58. The van der Waals surface area contributed by atoms with Crippen molar-refractivity contribution in [3.8, 4) is 0 Å². The minimum Gasteiger partial charge on any atom is -0.377 e. The zero-order valence-corrected chi connectivity index (χ0v) is 23.3. The number of rotatable bonds is 8. The Balaban J connectivity index is 1.43. The first-order valence-corrected chi connectivity index (χ1v) is 14.8. The third kappa shape index (κ3) is 5.49. The van der Waals surface area contributed by atoms with Gasteiger partial charge in [0, 0.05) is 32.0 Å². The number of ether oxygens (including phenoxy) is 1. The zero-order valence-electron chi connectivity index (χ0n) is 21.6. The van der Waals surface area contributed by atoms with Gasteiger partial charge in [-0.3, -0.25) is 14.7 Å². The van der Waals surface area contributed by atoms with E-state index in [1.807, 2.05) is 31.2 Å². The number of fused-ring (bicyclic) bond motifs is 1. The monoisotopic (exact) mass is 550 g/mol. The van der Waals surface area contributed by atoms with Gasteiger partial charge in [-0.2, -0.15) is 4.31 Å². The number of sulfonamides is 1. The molecular formula is C28H30N4O4S2. The van der Waals surface area contributed by atoms with Crippen molar-refractivity contribution in [2.24, 2.45) is 0 Å². The van der Waals surface area contributed by atoms with Crippen LogP contribution in [-0.4, -0.2) is 54.9 Å². The van der Waals surface area contributed by atoms with Crippen LogP contribution in [0.5, 0.6) is 0 Å². The molecule has 38 heavy (non-hydrogen) atoms. The standard InChI is InChI=1S/C28H30N4O4S2/c1-19-15-25-26(16-20(19)2)37-28(30-25)32(17-22-7-4-5-13-29-22)27(33)21-9-11-24(12-10-21)38(34,35)31(3)18-23-8-6-14-36-23/h4-5,7,9-13,15-16,23H,6,8,14,17-18H2,1-3H3. The number of hydrogen-bond donors (Lipinski definition) is 0. The molecule has 5 rings (SSSR count). The minimum absolute atomic E-state index is 0.0860. The lowest BCUT2D eigenvalue weighted by Gasteiger charge is -2.21. The van der Waals surface area contributed by atoms with Crippen LogP contribution in [0.4, 0.5) is 5.13 Å². The van der Waals surface area contributed by atoms with Crippen molar-refractivity contribution in [1.29, 1.82) is 0 Å². The topological polar surface area (TPSA) is 92.7 Å². The summed E-state index contributed by atoms with van der Waals surface area (Å²) in [5.74, 6) is -0.278. The Morgan fingerprint density at radius 1 is 1.11 bits per heavy atom. The first-order valence-electron chi connectivity index (χ1n) is 12.5. The van der Waals surface area contributed by atoms with E-state index < -0.39 is 10.0 Å². The van der Waals surface area contributed by atoms with Crippen LogP contribution in [0.2, 0.25) is 0 Å². The smallest absolute Gasteiger partial charge is 0.260 e. The maximum absolute atomic E-state index is 13.8. The van der Waals surface area contributed by atoms with Gasteiger partial charge >= 0.3 is 0 Å². The number of anilines is 1. The largest absolute Gasteiger partial charge is 0.377 e. The number of amides is 1. The van der Waals surface area contributed by atoms with Crippen molar-refractivity contribution < 1.29 is 17.9 Å². The predicted octanol–water partition coefficient (Wildman–Crippen LogP) is 4.95. The van der Waals surface area contributed by atoms with E-state index in [1.165, 1.54) is 27.8 Å². The molecule has 0 N–H and O–H groups in total. The molecule has 10 heteroatoms. The second-order valence-electron chi connectivity index (χ2n) is 9.56. The Bertz CT molecular complexity index is 1510. The normalized spacial score (nSPS) is 15.8. The number of carbonyl (C=O) groups excluding carboxylic acids is 1. The van der Waals surface area contributed by atoms with Gasteiger partial charge in [0.2, 0.25) is 10.0 Å². The SMILES string of the molecule is Cc1cc2nc(N(Cc3ccccn3)C(=O)c3ccc(S(=O)(=O)N(C)CC4CCCO4)cc3)sc2cc1C. The Hall–Kier alpha value is -3.18. The molecule has 4 aromatic rings. The van der Waals surface area contributed by atoms with E-state index in [0.717, 1.165) is 39.9 Å². The Morgan fingerprint density at radius 3 is 2.55 bits per heavy atom. The molecule has 0 saturated carbocycles. The van der Waals surface area contributed by atoms with Crippen molar-refractivity contribution in [1.82, 2.24) is 14.3 Å². The molecule has 198 valence electrons. The number of benzene rings is 2. The lowest BCUT2D eigenvalue weighted by atomic mass is 10.1. The summed E-state index contributed by atoms with van der Waals surface area (Å²) in [6.07, 6.45) is 3.40. The minimum atomic E-state index is -3.71. The molecule has 1 amide bonds. The van der Waals surface area contributed by atoms with E-state index in [9.17, 15) is 13.2 Å². The second-order valence-corrected chi connectivity index (χ2v) is 12.6. The van der Waals surface area contributed by atoms with Crippen LogP contribution in [0.25, 0.3) is 10.2 Å². The fraction of sp³-hybridized carbons (Fsp3) is 0.321. The molecular weight excluding hydrogens is 520 g/mol. The van der Waals surface area contributed by atoms with Crippen LogP contribution in [0.1, 0.15) is 40.0 Å². The van der Waals surface area contributed by atoms with Crippen molar-refractivity contribution in [2.45, 2.75) is 44.2 Å². The third-order valence-electron chi connectivity index (χ3n) is 6.81. The molecule has 3 heterocycles. The summed E-state index contributed by atoms with van der Waals surface area (Å²) < 4.78 is 34.1. The lowest BCUT2D eigenvalue weighted by Crippen LogP contribution is -2.34. The molecule has 1 aliphatic rings. The number of likely N-dealkylation sites (N-methyl/N-ethyl adjacent to an activating group) is 1. The van der Waals surface area contributed by atoms with Crippen LogP contribution < -0.4 is 4.90 Å². The van der Waals surface area contributed by atoms with E-state index in [1.54, 1.807) is 30.3 Å². The average Bonchev–Trinajstić information content (AvgIpc) is 3.57. The predicted molar refractivity (Wildman–Crippen MR) is 149 cm³/mol. The number of nitrogens with zero attached hydrogens (tertiary/aromatic N) is 4. The molecule has 1 atom stereocenters. The molecule has 0 bridgehead atoms. The molecule has 1 saturated heterocycles. The molecule has 2 aromatic carbocycles. The van der Waals surface area contributed by atoms with Crippen LogP contribution >= 0.6 is 11.3 Å². The zero-order chi connectivity index (χ0) is 26.9. The van der Waals surface area contributed by atoms with Gasteiger partial charge in [0.1, 0.15) is 0 Å². The summed E-state index contributed by atoms with van der Waals surface area (Å²) in [6.45, 7) is 5.30. The van der Waals surface area contributed by atoms with Gasteiger partial charge in [0.25, 0.3) is 5.91 Å². The van der Waals surface area contributed by atoms with Crippen molar-refractivity contribution in [3.63, 3.8) is 0 Å². The average molecular weight is 551 g/mol. The number of hydrogen-bond acceptors (Lipinski definition) is 7. The van der Waals surface area contributed by atoms with Crippen LogP contribution in [0.3, 0.4) is 0 Å². The van der Waals surface area contributed by atoms with E-state index >= 15 is 0 Å². The summed E-state index contributed by atoms with van der Waals surface area (Å²) in [6, 6.07) is 15.8. The molecule has 0 aliphatic carbocycles. The quantitative estimate of drug-likeness (QED) is 0.308. The lowest BCUT2D eigenvalue weighted by molar-refractivity contribution is 0.0978. The highest BCUT2D eigenvalue weighted by Crippen LogP contribution is 2.32. The van der Waals surface area contributed by atoms with Gasteiger partial charge in [-0.1, -0.05) is 17.4 Å². The third-order valence-corrected chi connectivity index (χ3v) is 9.69. The Morgan fingerprint density at radius 2 is 1.87 bits per heavy atom. The maximum atomic E-state index is 13.8. The van der Waals surface area contributed by atoms with Crippen molar-refractivity contribution >= 4 is 42.6 Å². The van der Waals surface area contributed by atoms with E-state index in [-0.39, 0.29) is 23.5 Å². The van der Waals surface area contributed by atoms with E-state index in [0.29, 0.717) is 23.8 Å². The van der Waals surface area contributed by atoms with Crippen molar-refractivity contribution in [3.05, 3.63) is 83.2 Å². The Labute approximate surface area is 227 Å². The van der Waals surface area contributed by atoms with Gasteiger partial charge in [-0.05, 0) is 86.3 Å². The highest BCUT2D eigenvalue weighted by atomic mass is 32.2. The maximum Gasteiger partial charge on any atom is 0.260 e. The first-order chi connectivity index (χ1) is 18.2. The van der Waals surface area contributed by atoms with Gasteiger partial charge in [-0.25, -0.2) is 13.4 Å². The number of pyridine rings is 1.